The van der Waals surface area contributed by atoms with Gasteiger partial charge < -0.3 is 10.1 Å². The maximum atomic E-state index is 13.7. The molecular weight excluding hydrogens is 353 g/mol. The summed E-state index contributed by atoms with van der Waals surface area (Å²) in [6, 6.07) is 11.7. The van der Waals surface area contributed by atoms with E-state index in [2.05, 4.69) is 10.7 Å². The SMILES string of the molecule is COc1ccc([C@@]2(C)NC(=O)N(NC(=O)Cc3ccccc3F)C2=O)cc1. The van der Waals surface area contributed by atoms with Gasteiger partial charge in [-0.3, -0.25) is 15.0 Å². The summed E-state index contributed by atoms with van der Waals surface area (Å²) in [6.07, 6.45) is -0.303. The van der Waals surface area contributed by atoms with Gasteiger partial charge in [0.2, 0.25) is 5.91 Å². The lowest BCUT2D eigenvalue weighted by Gasteiger charge is -2.22. The van der Waals surface area contributed by atoms with Crippen molar-refractivity contribution in [2.75, 3.05) is 7.11 Å². The van der Waals surface area contributed by atoms with E-state index in [-0.39, 0.29) is 12.0 Å². The average Bonchev–Trinajstić information content (AvgIpc) is 2.88. The number of hydrogen-bond donors (Lipinski definition) is 2. The van der Waals surface area contributed by atoms with Crippen LogP contribution in [-0.2, 0) is 21.5 Å². The Kier molecular flexibility index (Phi) is 4.81. The highest BCUT2D eigenvalue weighted by Gasteiger charge is 2.50. The molecule has 7 nitrogen and oxygen atoms in total. The summed E-state index contributed by atoms with van der Waals surface area (Å²) in [5, 5.41) is 3.19. The number of ether oxygens (including phenoxy) is 1. The molecule has 0 aliphatic carbocycles. The number of carbonyl (C=O) groups excluding carboxylic acids is 3. The zero-order chi connectivity index (χ0) is 19.6. The van der Waals surface area contributed by atoms with Crippen LogP contribution in [0, 0.1) is 5.82 Å². The summed E-state index contributed by atoms with van der Waals surface area (Å²) < 4.78 is 18.8. The largest absolute Gasteiger partial charge is 0.497 e. The molecule has 1 fully saturated rings. The second kappa shape index (κ2) is 7.06. The van der Waals surface area contributed by atoms with Crippen LogP contribution in [0.2, 0.25) is 0 Å². The molecule has 1 atom stereocenters. The molecule has 0 unspecified atom stereocenters. The van der Waals surface area contributed by atoms with Crippen molar-refractivity contribution >= 4 is 17.8 Å². The van der Waals surface area contributed by atoms with Crippen molar-refractivity contribution in [1.29, 1.82) is 0 Å². The Labute approximate surface area is 155 Å². The molecule has 0 bridgehead atoms. The van der Waals surface area contributed by atoms with Gasteiger partial charge >= 0.3 is 6.03 Å². The summed E-state index contributed by atoms with van der Waals surface area (Å²) in [5.41, 5.74) is 1.61. The Balaban J connectivity index is 1.75. The number of methoxy groups -OCH3 is 1. The van der Waals surface area contributed by atoms with Crippen molar-refractivity contribution in [3.05, 3.63) is 65.5 Å². The zero-order valence-corrected chi connectivity index (χ0v) is 14.8. The van der Waals surface area contributed by atoms with Crippen LogP contribution in [0.1, 0.15) is 18.1 Å². The molecule has 3 rings (SSSR count). The summed E-state index contributed by atoms with van der Waals surface area (Å²) >= 11 is 0. The highest BCUT2D eigenvalue weighted by Crippen LogP contribution is 2.29. The quantitative estimate of drug-likeness (QED) is 0.786. The lowest BCUT2D eigenvalue weighted by atomic mass is 9.92. The van der Waals surface area contributed by atoms with E-state index in [1.807, 2.05) is 0 Å². The minimum atomic E-state index is -1.34. The number of urea groups is 1. The summed E-state index contributed by atoms with van der Waals surface area (Å²) in [7, 11) is 1.52. The van der Waals surface area contributed by atoms with Crippen molar-refractivity contribution in [1.82, 2.24) is 15.8 Å². The molecule has 0 spiro atoms. The first-order valence-corrected chi connectivity index (χ1v) is 8.19. The van der Waals surface area contributed by atoms with Crippen LogP contribution in [0.15, 0.2) is 48.5 Å². The lowest BCUT2D eigenvalue weighted by molar-refractivity contribution is -0.138. The van der Waals surface area contributed by atoms with Crippen LogP contribution < -0.4 is 15.5 Å². The fourth-order valence-corrected chi connectivity index (χ4v) is 2.84. The Bertz CT molecular complexity index is 900. The molecule has 27 heavy (non-hydrogen) atoms. The summed E-state index contributed by atoms with van der Waals surface area (Å²) in [5.74, 6) is -1.25. The van der Waals surface area contributed by atoms with Gasteiger partial charge in [0.25, 0.3) is 5.91 Å². The van der Waals surface area contributed by atoms with Crippen LogP contribution in [-0.4, -0.2) is 30.0 Å². The molecule has 2 aromatic carbocycles. The standard InChI is InChI=1S/C19H18FN3O4/c1-19(13-7-9-14(27-2)10-8-13)17(25)23(18(26)21-19)22-16(24)11-12-5-3-4-6-15(12)20/h3-10H,11H2,1-2H3,(H,21,26)(H,22,24)/t19-/m1/s1. The molecule has 1 saturated heterocycles. The topological polar surface area (TPSA) is 87.7 Å². The summed E-state index contributed by atoms with van der Waals surface area (Å²) in [6.45, 7) is 1.54. The van der Waals surface area contributed by atoms with Gasteiger partial charge in [0.05, 0.1) is 13.5 Å². The fraction of sp³-hybridized carbons (Fsp3) is 0.211. The molecule has 1 aliphatic rings. The van der Waals surface area contributed by atoms with E-state index in [0.717, 1.165) is 0 Å². The molecule has 1 heterocycles. The number of nitrogens with zero attached hydrogens (tertiary/aromatic N) is 1. The van der Waals surface area contributed by atoms with Crippen molar-refractivity contribution in [2.45, 2.75) is 18.9 Å². The lowest BCUT2D eigenvalue weighted by Crippen LogP contribution is -2.48. The first-order valence-electron chi connectivity index (χ1n) is 8.19. The van der Waals surface area contributed by atoms with Crippen LogP contribution in [0.4, 0.5) is 9.18 Å². The van der Waals surface area contributed by atoms with E-state index in [1.54, 1.807) is 30.3 Å². The highest BCUT2D eigenvalue weighted by atomic mass is 19.1. The maximum Gasteiger partial charge on any atom is 0.344 e. The normalized spacial score (nSPS) is 19.0. The number of benzene rings is 2. The minimum Gasteiger partial charge on any atom is -0.497 e. The number of hydrogen-bond acceptors (Lipinski definition) is 4. The molecule has 8 heteroatoms. The number of halogens is 1. The van der Waals surface area contributed by atoms with E-state index in [4.69, 9.17) is 4.74 Å². The average molecular weight is 371 g/mol. The first-order chi connectivity index (χ1) is 12.8. The maximum absolute atomic E-state index is 13.7. The third kappa shape index (κ3) is 3.46. The van der Waals surface area contributed by atoms with Crippen LogP contribution in [0.5, 0.6) is 5.75 Å². The molecule has 2 N–H and O–H groups in total. The van der Waals surface area contributed by atoms with Crippen LogP contribution in [0.25, 0.3) is 0 Å². The van der Waals surface area contributed by atoms with Gasteiger partial charge in [0, 0.05) is 0 Å². The molecule has 2 aromatic rings. The number of imide groups is 1. The zero-order valence-electron chi connectivity index (χ0n) is 14.8. The van der Waals surface area contributed by atoms with E-state index < -0.39 is 29.2 Å². The number of carbonyl (C=O) groups is 3. The van der Waals surface area contributed by atoms with Gasteiger partial charge in [-0.1, -0.05) is 30.3 Å². The van der Waals surface area contributed by atoms with Crippen molar-refractivity contribution < 1.29 is 23.5 Å². The van der Waals surface area contributed by atoms with Crippen molar-refractivity contribution in [2.24, 2.45) is 0 Å². The number of nitrogens with one attached hydrogen (secondary N) is 2. The smallest absolute Gasteiger partial charge is 0.344 e. The first kappa shape index (κ1) is 18.4. The van der Waals surface area contributed by atoms with Gasteiger partial charge in [0.1, 0.15) is 17.1 Å². The molecule has 0 saturated carbocycles. The van der Waals surface area contributed by atoms with E-state index in [1.165, 1.54) is 32.2 Å². The van der Waals surface area contributed by atoms with Gasteiger partial charge in [-0.25, -0.2) is 9.18 Å². The third-order valence-electron chi connectivity index (χ3n) is 4.40. The molecule has 140 valence electrons. The molecule has 1 aliphatic heterocycles. The number of hydrazine groups is 1. The van der Waals surface area contributed by atoms with Crippen LogP contribution >= 0.6 is 0 Å². The van der Waals surface area contributed by atoms with Gasteiger partial charge in [-0.15, -0.1) is 0 Å². The van der Waals surface area contributed by atoms with E-state index in [9.17, 15) is 18.8 Å². The molecule has 4 amide bonds. The Morgan fingerprint density at radius 1 is 1.19 bits per heavy atom. The monoisotopic (exact) mass is 371 g/mol. The van der Waals surface area contributed by atoms with E-state index in [0.29, 0.717) is 16.3 Å². The van der Waals surface area contributed by atoms with Gasteiger partial charge in [0.15, 0.2) is 0 Å². The second-order valence-corrected chi connectivity index (χ2v) is 6.23. The Morgan fingerprint density at radius 3 is 2.48 bits per heavy atom. The Morgan fingerprint density at radius 2 is 1.85 bits per heavy atom. The molecule has 0 aromatic heterocycles. The second-order valence-electron chi connectivity index (χ2n) is 6.23. The molecule has 0 radical (unpaired) electrons. The Hall–Kier alpha value is -3.42. The van der Waals surface area contributed by atoms with Crippen molar-refractivity contribution in [3.8, 4) is 5.75 Å². The minimum absolute atomic E-state index is 0.167. The third-order valence-corrected chi connectivity index (χ3v) is 4.40. The van der Waals surface area contributed by atoms with Gasteiger partial charge in [-0.2, -0.15) is 5.01 Å². The van der Waals surface area contributed by atoms with E-state index >= 15 is 0 Å². The van der Waals surface area contributed by atoms with Gasteiger partial charge in [-0.05, 0) is 36.2 Å². The molecular formula is C19H18FN3O4. The number of amides is 4. The predicted molar refractivity (Wildman–Crippen MR) is 94.0 cm³/mol. The summed E-state index contributed by atoms with van der Waals surface area (Å²) in [4.78, 5) is 37.2. The van der Waals surface area contributed by atoms with Crippen molar-refractivity contribution in [3.63, 3.8) is 0 Å². The highest BCUT2D eigenvalue weighted by molar-refractivity contribution is 6.08. The predicted octanol–water partition coefficient (Wildman–Crippen LogP) is 1.88. The van der Waals surface area contributed by atoms with Crippen LogP contribution in [0.3, 0.4) is 0 Å². The number of rotatable bonds is 5. The fourth-order valence-electron chi connectivity index (χ4n) is 2.84.